The number of fused-ring (bicyclic) bond motifs is 2. The van der Waals surface area contributed by atoms with Crippen LogP contribution in [-0.4, -0.2) is 110 Å². The first-order valence-corrected chi connectivity index (χ1v) is 20.3. The van der Waals surface area contributed by atoms with E-state index in [9.17, 15) is 27.0 Å². The maximum absolute atomic E-state index is 12.4. The van der Waals surface area contributed by atoms with Crippen LogP contribution < -0.4 is 14.9 Å². The minimum Gasteiger partial charge on any atom is -0.504 e. The van der Waals surface area contributed by atoms with Crippen LogP contribution in [0.5, 0.6) is 23.0 Å². The molecule has 0 saturated carbocycles. The molecule has 0 aliphatic carbocycles. The van der Waals surface area contributed by atoms with Gasteiger partial charge in [-0.2, -0.15) is 27.0 Å². The van der Waals surface area contributed by atoms with Gasteiger partial charge >= 0.3 is 0 Å². The minimum absolute atomic E-state index is 0.0200. The molecule has 2 aliphatic rings. The van der Waals surface area contributed by atoms with Crippen LogP contribution in [0.4, 0.5) is 0 Å². The number of nitrogens with zero attached hydrogens (tertiary/aromatic N) is 5. The number of aryl methyl sites for hydroxylation is 2. The highest BCUT2D eigenvalue weighted by Crippen LogP contribution is 2.30. The number of rotatable bonds is 12. The van der Waals surface area contributed by atoms with Crippen LogP contribution in [0.3, 0.4) is 0 Å². The molecule has 0 amide bonds. The number of phenolic OH excluding ortho intramolecular Hbond substituents is 2. The van der Waals surface area contributed by atoms with Gasteiger partial charge in [-0.1, -0.05) is 34.9 Å². The van der Waals surface area contributed by atoms with E-state index >= 15 is 0 Å². The number of hydrazone groups is 2. The monoisotopic (exact) mass is 842 g/mol. The predicted octanol–water partition coefficient (Wildman–Crippen LogP) is 4.79. The predicted molar refractivity (Wildman–Crippen MR) is 219 cm³/mol. The van der Waals surface area contributed by atoms with E-state index in [2.05, 4.69) is 24.4 Å². The summed E-state index contributed by atoms with van der Waals surface area (Å²) in [4.78, 5) is 0.361. The molecule has 4 aromatic carbocycles. The van der Waals surface area contributed by atoms with Gasteiger partial charge in [-0.05, 0) is 85.6 Å². The molecule has 0 radical (unpaired) electrons. The third kappa shape index (κ3) is 11.7. The van der Waals surface area contributed by atoms with Crippen molar-refractivity contribution in [1.29, 1.82) is 0 Å². The highest BCUT2D eigenvalue weighted by molar-refractivity contribution is 7.91. The van der Waals surface area contributed by atoms with Crippen LogP contribution in [0.15, 0.2) is 102 Å². The van der Waals surface area contributed by atoms with Crippen molar-refractivity contribution in [2.45, 2.75) is 23.6 Å². The Bertz CT molecular complexity index is 2400. The van der Waals surface area contributed by atoms with Crippen molar-refractivity contribution in [3.63, 3.8) is 0 Å². The zero-order valence-electron chi connectivity index (χ0n) is 32.0. The number of nitrogens with one attached hydrogen (secondary N) is 1. The van der Waals surface area contributed by atoms with Crippen LogP contribution in [-0.2, 0) is 29.5 Å². The average Bonchev–Trinajstić information content (AvgIpc) is 3.58. The van der Waals surface area contributed by atoms with Crippen molar-refractivity contribution in [2.24, 2.45) is 19.0 Å². The number of hydrogen-bond acceptors (Lipinski definition) is 14. The molecule has 0 fully saturated rings. The first kappa shape index (κ1) is 44.2. The smallest absolute Gasteiger partial charge is 0.285 e. The molecule has 2 heterocycles. The van der Waals surface area contributed by atoms with E-state index in [1.807, 2.05) is 13.8 Å². The fourth-order valence-electron chi connectivity index (χ4n) is 5.09. The molecule has 19 heteroatoms. The van der Waals surface area contributed by atoms with E-state index in [-0.39, 0.29) is 32.3 Å². The van der Waals surface area contributed by atoms with Crippen LogP contribution in [0.1, 0.15) is 33.4 Å². The normalized spacial score (nSPS) is 14.4. The van der Waals surface area contributed by atoms with Gasteiger partial charge in [0.2, 0.25) is 0 Å². The Balaban J connectivity index is 0.000000209. The van der Waals surface area contributed by atoms with Crippen LogP contribution in [0.25, 0.3) is 0 Å². The third-order valence-corrected chi connectivity index (χ3v) is 11.0. The van der Waals surface area contributed by atoms with Crippen LogP contribution in [0.2, 0.25) is 0 Å². The maximum Gasteiger partial charge on any atom is 0.285 e. The molecular weight excluding hydrogens is 800 g/mol. The van der Waals surface area contributed by atoms with E-state index in [0.29, 0.717) is 54.5 Å². The lowest BCUT2D eigenvalue weighted by molar-refractivity contribution is 0.178. The summed E-state index contributed by atoms with van der Waals surface area (Å²) in [6, 6.07) is 19.8. The zero-order valence-corrected chi connectivity index (χ0v) is 34.4. The lowest BCUT2D eigenvalue weighted by Gasteiger charge is -2.18. The summed E-state index contributed by atoms with van der Waals surface area (Å²) in [7, 11) is -1.13. The number of amidine groups is 1. The summed E-state index contributed by atoms with van der Waals surface area (Å²) in [6.45, 7) is 5.66. The fraction of sp³-hybridized carbons (Fsp3) is 0.263. The molecular formula is C38H43ClN6O10S2. The lowest BCUT2D eigenvalue weighted by atomic mass is 10.1. The molecule has 2 aliphatic heterocycles. The fourth-order valence-corrected chi connectivity index (χ4v) is 7.84. The second-order valence-electron chi connectivity index (χ2n) is 12.1. The van der Waals surface area contributed by atoms with Crippen molar-refractivity contribution < 1.29 is 46.0 Å². The second-order valence-corrected chi connectivity index (χ2v) is 15.6. The van der Waals surface area contributed by atoms with Crippen molar-refractivity contribution >= 4 is 55.1 Å². The van der Waals surface area contributed by atoms with E-state index in [0.717, 1.165) is 16.7 Å². The van der Waals surface area contributed by atoms with E-state index in [4.69, 9.17) is 30.5 Å². The van der Waals surface area contributed by atoms with Gasteiger partial charge in [0, 0.05) is 25.3 Å². The molecule has 0 bridgehead atoms. The van der Waals surface area contributed by atoms with Gasteiger partial charge < -0.3 is 34.6 Å². The summed E-state index contributed by atoms with van der Waals surface area (Å²) in [5, 5.41) is 29.0. The number of ether oxygens (including phenoxy) is 4. The molecule has 57 heavy (non-hydrogen) atoms. The standard InChI is InChI=1S/C19H21N3O5S.C11H16N2O3.C8H6ClNO2S/c1-13-4-7-18-15(10-13)19(21-28(18,24)25)22(8-9-26-2)20-12-14-5-6-16(23)17(11-14)27-3;1-15-6-5-12-13-8-9-3-4-10(14)11(7-9)16-2;1-5-2-3-7-6(4-5)8(9)10-13(7,11)12/h4-7,10-12,23H,8-9H2,1-3H3;3-4,7-8,12,14H,5-6H2,1-2H3;2-4H,1H3/b20-12+;13-8+;. The molecule has 0 atom stereocenters. The Morgan fingerprint density at radius 1 is 0.719 bits per heavy atom. The summed E-state index contributed by atoms with van der Waals surface area (Å²) >= 11 is 5.67. The van der Waals surface area contributed by atoms with Gasteiger partial charge in [0.05, 0.1) is 57.8 Å². The number of hydrogen-bond donors (Lipinski definition) is 3. The Labute approximate surface area is 336 Å². The largest absolute Gasteiger partial charge is 0.504 e. The molecule has 304 valence electrons. The van der Waals surface area contributed by atoms with Gasteiger partial charge in [0.1, 0.15) is 4.90 Å². The van der Waals surface area contributed by atoms with Gasteiger partial charge in [-0.3, -0.25) is 0 Å². The Kier molecular flexibility index (Phi) is 15.6. The van der Waals surface area contributed by atoms with Crippen molar-refractivity contribution in [2.75, 3.05) is 54.7 Å². The Morgan fingerprint density at radius 2 is 1.25 bits per heavy atom. The van der Waals surface area contributed by atoms with Gasteiger partial charge in [0.15, 0.2) is 34.0 Å². The van der Waals surface area contributed by atoms with Crippen molar-refractivity contribution in [3.8, 4) is 23.0 Å². The summed E-state index contributed by atoms with van der Waals surface area (Å²) in [5.74, 6) is 1.13. The zero-order chi connectivity index (χ0) is 41.8. The molecule has 0 spiro atoms. The number of halogens is 1. The second kappa shape index (κ2) is 20.1. The number of sulfonamides is 2. The molecule has 0 unspecified atom stereocenters. The highest BCUT2D eigenvalue weighted by Gasteiger charge is 2.32. The highest BCUT2D eigenvalue weighted by atomic mass is 35.5. The Morgan fingerprint density at radius 3 is 1.81 bits per heavy atom. The molecule has 0 saturated heterocycles. The Hall–Kier alpha value is -5.53. The summed E-state index contributed by atoms with van der Waals surface area (Å²) in [6.07, 6.45) is 3.19. The van der Waals surface area contributed by atoms with E-state index in [1.165, 1.54) is 31.4 Å². The van der Waals surface area contributed by atoms with Crippen molar-refractivity contribution in [3.05, 3.63) is 106 Å². The van der Waals surface area contributed by atoms with Crippen LogP contribution in [0, 0.1) is 13.8 Å². The lowest BCUT2D eigenvalue weighted by Crippen LogP contribution is -2.29. The molecule has 6 rings (SSSR count). The van der Waals surface area contributed by atoms with E-state index in [1.54, 1.807) is 87.3 Å². The summed E-state index contributed by atoms with van der Waals surface area (Å²) < 4.78 is 74.8. The first-order chi connectivity index (χ1) is 27.1. The quantitative estimate of drug-likeness (QED) is 0.0999. The summed E-state index contributed by atoms with van der Waals surface area (Å²) in [5.41, 5.74) is 7.24. The topological polar surface area (TPSA) is 210 Å². The molecule has 0 aromatic heterocycles. The van der Waals surface area contributed by atoms with Crippen molar-refractivity contribution in [1.82, 2.24) is 10.4 Å². The third-order valence-electron chi connectivity index (χ3n) is 7.92. The number of benzene rings is 4. The molecule has 16 nitrogen and oxygen atoms in total. The minimum atomic E-state index is -3.76. The number of aromatic hydroxyl groups is 2. The molecule has 3 N–H and O–H groups in total. The number of methoxy groups -OCH3 is 4. The van der Waals surface area contributed by atoms with Gasteiger partial charge in [0.25, 0.3) is 20.0 Å². The maximum atomic E-state index is 12.4. The van der Waals surface area contributed by atoms with Gasteiger partial charge in [-0.15, -0.1) is 8.80 Å². The van der Waals surface area contributed by atoms with E-state index < -0.39 is 20.0 Å². The van der Waals surface area contributed by atoms with Gasteiger partial charge in [-0.25, -0.2) is 5.01 Å². The average molecular weight is 843 g/mol. The SMILES string of the molecule is COCCN(/N=C/c1ccc(O)c(OC)c1)C1=NS(=O)(=O)c2ccc(C)cc21.COCCN/N=C/c1ccc(O)c(OC)c1.Cc1ccc2c(c1)C(Cl)=NS2(=O)=O. The first-order valence-electron chi connectivity index (χ1n) is 17.0. The van der Waals surface area contributed by atoms with Crippen LogP contribution >= 0.6 is 11.6 Å². The number of phenols is 2. The molecule has 4 aromatic rings.